The second kappa shape index (κ2) is 7.36. The van der Waals surface area contributed by atoms with Gasteiger partial charge in [-0.15, -0.1) is 11.8 Å². The topological polar surface area (TPSA) is 63.8 Å². The van der Waals surface area contributed by atoms with E-state index in [1.165, 1.54) is 0 Å². The molecule has 5 heteroatoms. The largest absolute Gasteiger partial charge is 0.396 e. The first-order valence-corrected chi connectivity index (χ1v) is 8.95. The van der Waals surface area contributed by atoms with E-state index < -0.39 is 0 Å². The predicted molar refractivity (Wildman–Crippen MR) is 102 cm³/mol. The van der Waals surface area contributed by atoms with Gasteiger partial charge >= 0.3 is 0 Å². The molecule has 0 radical (unpaired) electrons. The number of thioether (sulfide) groups is 1. The van der Waals surface area contributed by atoms with Gasteiger partial charge in [-0.2, -0.15) is 0 Å². The third kappa shape index (κ3) is 3.51. The maximum Gasteiger partial charge on any atom is 0.0743 e. The van der Waals surface area contributed by atoms with Crippen molar-refractivity contribution in [2.75, 3.05) is 17.3 Å². The highest BCUT2D eigenvalue weighted by atomic mass is 32.2. The SMILES string of the molecule is CSc1ccc(CNc2c(N)cnc(C)c2-c2ccccc2)nc1. The predicted octanol–water partition coefficient (Wildman–Crippen LogP) is 4.37. The molecule has 3 aromatic rings. The van der Waals surface area contributed by atoms with Gasteiger partial charge in [0.15, 0.2) is 0 Å². The Kier molecular flexibility index (Phi) is 5.01. The van der Waals surface area contributed by atoms with Gasteiger partial charge in [0.2, 0.25) is 0 Å². The van der Waals surface area contributed by atoms with Gasteiger partial charge in [-0.1, -0.05) is 30.3 Å². The Hall–Kier alpha value is -2.53. The molecule has 0 spiro atoms. The van der Waals surface area contributed by atoms with E-state index in [9.17, 15) is 0 Å². The summed E-state index contributed by atoms with van der Waals surface area (Å²) in [7, 11) is 0. The highest BCUT2D eigenvalue weighted by Gasteiger charge is 2.13. The van der Waals surface area contributed by atoms with Crippen LogP contribution in [0.4, 0.5) is 11.4 Å². The van der Waals surface area contributed by atoms with Crippen molar-refractivity contribution in [1.29, 1.82) is 0 Å². The summed E-state index contributed by atoms with van der Waals surface area (Å²) in [5.74, 6) is 0. The molecule has 0 atom stereocenters. The van der Waals surface area contributed by atoms with Crippen LogP contribution < -0.4 is 11.1 Å². The van der Waals surface area contributed by atoms with Crippen LogP contribution in [0.5, 0.6) is 0 Å². The number of benzene rings is 1. The minimum absolute atomic E-state index is 0.613. The summed E-state index contributed by atoms with van der Waals surface area (Å²) in [5.41, 5.74) is 11.8. The lowest BCUT2D eigenvalue weighted by molar-refractivity contribution is 1.02. The fourth-order valence-corrected chi connectivity index (χ4v) is 2.95. The molecule has 1 aromatic carbocycles. The number of hydrogen-bond donors (Lipinski definition) is 2. The smallest absolute Gasteiger partial charge is 0.0743 e. The molecule has 0 aliphatic heterocycles. The van der Waals surface area contributed by atoms with Crippen LogP contribution >= 0.6 is 11.8 Å². The average Bonchev–Trinajstić information content (AvgIpc) is 2.63. The first kappa shape index (κ1) is 16.3. The van der Waals surface area contributed by atoms with Gasteiger partial charge in [0.05, 0.1) is 29.8 Å². The Morgan fingerprint density at radius 2 is 1.83 bits per heavy atom. The molecule has 3 rings (SSSR count). The molecule has 0 aliphatic rings. The van der Waals surface area contributed by atoms with Crippen molar-refractivity contribution in [1.82, 2.24) is 9.97 Å². The summed E-state index contributed by atoms with van der Waals surface area (Å²) in [5, 5.41) is 3.44. The first-order valence-electron chi connectivity index (χ1n) is 7.72. The van der Waals surface area contributed by atoms with E-state index in [1.807, 2.05) is 43.6 Å². The molecule has 0 amide bonds. The van der Waals surface area contributed by atoms with E-state index in [0.29, 0.717) is 12.2 Å². The number of aryl methyl sites for hydroxylation is 1. The Morgan fingerprint density at radius 3 is 2.50 bits per heavy atom. The van der Waals surface area contributed by atoms with E-state index in [1.54, 1.807) is 18.0 Å². The molecule has 0 unspecified atom stereocenters. The second-order valence-corrected chi connectivity index (χ2v) is 6.34. The molecule has 0 fully saturated rings. The zero-order valence-corrected chi connectivity index (χ0v) is 14.6. The standard InChI is InChI=1S/C19H20N4S/c1-13-18(14-6-4-3-5-7-14)19(17(20)12-21-13)23-10-15-8-9-16(24-2)11-22-15/h3-9,11-12H,10,20H2,1-2H3,(H,21,23). The first-order chi connectivity index (χ1) is 11.7. The number of aromatic nitrogens is 2. The summed E-state index contributed by atoms with van der Waals surface area (Å²) in [6.45, 7) is 2.61. The Balaban J connectivity index is 1.91. The van der Waals surface area contributed by atoms with Crippen LogP contribution in [-0.2, 0) is 6.54 Å². The van der Waals surface area contributed by atoms with Crippen molar-refractivity contribution < 1.29 is 0 Å². The molecule has 24 heavy (non-hydrogen) atoms. The van der Waals surface area contributed by atoms with E-state index in [2.05, 4.69) is 33.5 Å². The Morgan fingerprint density at radius 1 is 1.04 bits per heavy atom. The lowest BCUT2D eigenvalue weighted by Gasteiger charge is -2.16. The Bertz CT molecular complexity index is 817. The third-order valence-corrected chi connectivity index (χ3v) is 4.55. The van der Waals surface area contributed by atoms with Gasteiger partial charge in [-0.25, -0.2) is 0 Å². The van der Waals surface area contributed by atoms with Crippen LogP contribution in [0.2, 0.25) is 0 Å². The minimum Gasteiger partial charge on any atom is -0.396 e. The normalized spacial score (nSPS) is 10.6. The van der Waals surface area contributed by atoms with Crippen molar-refractivity contribution in [2.45, 2.75) is 18.4 Å². The van der Waals surface area contributed by atoms with Crippen LogP contribution in [0.3, 0.4) is 0 Å². The van der Waals surface area contributed by atoms with Gasteiger partial charge < -0.3 is 11.1 Å². The van der Waals surface area contributed by atoms with E-state index >= 15 is 0 Å². The molecule has 4 nitrogen and oxygen atoms in total. The third-order valence-electron chi connectivity index (χ3n) is 3.84. The van der Waals surface area contributed by atoms with E-state index in [4.69, 9.17) is 5.73 Å². The number of nitrogens with two attached hydrogens (primary N) is 1. The second-order valence-electron chi connectivity index (χ2n) is 5.46. The number of rotatable bonds is 5. The molecule has 0 saturated heterocycles. The zero-order chi connectivity index (χ0) is 16.9. The molecule has 122 valence electrons. The van der Waals surface area contributed by atoms with Crippen molar-refractivity contribution in [3.63, 3.8) is 0 Å². The average molecular weight is 336 g/mol. The van der Waals surface area contributed by atoms with Gasteiger partial charge in [0.1, 0.15) is 0 Å². The highest BCUT2D eigenvalue weighted by molar-refractivity contribution is 7.98. The molecule has 0 saturated carbocycles. The molecule has 3 N–H and O–H groups in total. The van der Waals surface area contributed by atoms with Crippen molar-refractivity contribution in [3.05, 3.63) is 66.2 Å². The van der Waals surface area contributed by atoms with Crippen LogP contribution in [0.25, 0.3) is 11.1 Å². The van der Waals surface area contributed by atoms with Crippen molar-refractivity contribution in [2.24, 2.45) is 0 Å². The molecule has 2 aromatic heterocycles. The van der Waals surface area contributed by atoms with Crippen molar-refractivity contribution >= 4 is 23.1 Å². The molecular formula is C19H20N4S. The van der Waals surface area contributed by atoms with Crippen LogP contribution in [0, 0.1) is 6.92 Å². The van der Waals surface area contributed by atoms with Crippen molar-refractivity contribution in [3.8, 4) is 11.1 Å². The molecule has 2 heterocycles. The molecule has 0 bridgehead atoms. The summed E-state index contributed by atoms with van der Waals surface area (Å²) in [6, 6.07) is 14.3. The lowest BCUT2D eigenvalue weighted by atomic mass is 10.0. The van der Waals surface area contributed by atoms with Crippen LogP contribution in [0.15, 0.2) is 59.8 Å². The summed E-state index contributed by atoms with van der Waals surface area (Å²) in [6.07, 6.45) is 5.64. The highest BCUT2D eigenvalue weighted by Crippen LogP contribution is 2.34. The molecule has 0 aliphatic carbocycles. The van der Waals surface area contributed by atoms with Gasteiger partial charge in [0, 0.05) is 22.3 Å². The fraction of sp³-hybridized carbons (Fsp3) is 0.158. The van der Waals surface area contributed by atoms with Gasteiger partial charge in [-0.3, -0.25) is 9.97 Å². The van der Waals surface area contributed by atoms with Gasteiger partial charge in [0.25, 0.3) is 0 Å². The van der Waals surface area contributed by atoms with Gasteiger partial charge in [-0.05, 0) is 30.9 Å². The minimum atomic E-state index is 0.613. The zero-order valence-electron chi connectivity index (χ0n) is 13.8. The maximum atomic E-state index is 6.19. The number of nitrogens with zero attached hydrogens (tertiary/aromatic N) is 2. The lowest BCUT2D eigenvalue weighted by Crippen LogP contribution is -2.07. The summed E-state index contributed by atoms with van der Waals surface area (Å²) >= 11 is 1.68. The fourth-order valence-electron chi connectivity index (χ4n) is 2.58. The number of hydrogen-bond acceptors (Lipinski definition) is 5. The van der Waals surface area contributed by atoms with Crippen LogP contribution in [0.1, 0.15) is 11.4 Å². The number of nitrogen functional groups attached to an aromatic ring is 1. The maximum absolute atomic E-state index is 6.19. The van der Waals surface area contributed by atoms with E-state index in [0.717, 1.165) is 33.1 Å². The number of anilines is 2. The monoisotopic (exact) mass is 336 g/mol. The number of pyridine rings is 2. The number of nitrogens with one attached hydrogen (secondary N) is 1. The molecular weight excluding hydrogens is 316 g/mol. The van der Waals surface area contributed by atoms with Crippen LogP contribution in [-0.4, -0.2) is 16.2 Å². The quantitative estimate of drug-likeness (QED) is 0.677. The summed E-state index contributed by atoms with van der Waals surface area (Å²) < 4.78 is 0. The Labute approximate surface area is 146 Å². The summed E-state index contributed by atoms with van der Waals surface area (Å²) in [4.78, 5) is 10.0. The van der Waals surface area contributed by atoms with E-state index in [-0.39, 0.29) is 0 Å².